The number of likely N-dealkylation sites (N-methyl/N-ethyl adjacent to an activating group) is 1. The SMILES string of the molecule is C[NH+](C)C[C@H](NC(=O)CCc1ccccc1)c1ccccc1. The molecule has 1 amide bonds. The van der Waals surface area contributed by atoms with Crippen LogP contribution in [-0.4, -0.2) is 26.5 Å². The Morgan fingerprint density at radius 3 is 2.18 bits per heavy atom. The second-order valence-electron chi connectivity index (χ2n) is 5.93. The van der Waals surface area contributed by atoms with Gasteiger partial charge in [-0.1, -0.05) is 60.7 Å². The summed E-state index contributed by atoms with van der Waals surface area (Å²) < 4.78 is 0. The van der Waals surface area contributed by atoms with Crippen LogP contribution >= 0.6 is 0 Å². The van der Waals surface area contributed by atoms with Gasteiger partial charge in [-0.2, -0.15) is 0 Å². The van der Waals surface area contributed by atoms with Crippen molar-refractivity contribution in [2.45, 2.75) is 18.9 Å². The van der Waals surface area contributed by atoms with E-state index < -0.39 is 0 Å². The Hall–Kier alpha value is -2.13. The van der Waals surface area contributed by atoms with Gasteiger partial charge < -0.3 is 10.2 Å². The highest BCUT2D eigenvalue weighted by Crippen LogP contribution is 2.11. The van der Waals surface area contributed by atoms with Crippen molar-refractivity contribution in [3.63, 3.8) is 0 Å². The minimum absolute atomic E-state index is 0.0643. The quantitative estimate of drug-likeness (QED) is 0.800. The second kappa shape index (κ2) is 8.35. The van der Waals surface area contributed by atoms with Crippen LogP contribution in [0.25, 0.3) is 0 Å². The molecule has 2 N–H and O–H groups in total. The average Bonchev–Trinajstić information content (AvgIpc) is 2.54. The fraction of sp³-hybridized carbons (Fsp3) is 0.316. The number of quaternary nitrogens is 1. The Morgan fingerprint density at radius 2 is 1.59 bits per heavy atom. The maximum absolute atomic E-state index is 12.3. The summed E-state index contributed by atoms with van der Waals surface area (Å²) >= 11 is 0. The molecule has 2 aromatic carbocycles. The van der Waals surface area contributed by atoms with Gasteiger partial charge in [0, 0.05) is 6.42 Å². The molecule has 0 aliphatic heterocycles. The van der Waals surface area contributed by atoms with Crippen molar-refractivity contribution in [1.82, 2.24) is 5.32 Å². The minimum atomic E-state index is 0.0643. The van der Waals surface area contributed by atoms with Crippen LogP contribution in [-0.2, 0) is 11.2 Å². The summed E-state index contributed by atoms with van der Waals surface area (Å²) in [4.78, 5) is 13.6. The van der Waals surface area contributed by atoms with E-state index in [9.17, 15) is 4.79 Å². The zero-order chi connectivity index (χ0) is 15.8. The number of aryl methyl sites for hydroxylation is 1. The Kier molecular flexibility index (Phi) is 6.16. The Labute approximate surface area is 133 Å². The number of amides is 1. The fourth-order valence-electron chi connectivity index (χ4n) is 2.51. The molecule has 0 saturated heterocycles. The zero-order valence-corrected chi connectivity index (χ0v) is 13.4. The lowest BCUT2D eigenvalue weighted by Gasteiger charge is -2.21. The minimum Gasteiger partial charge on any atom is -0.344 e. The van der Waals surface area contributed by atoms with Gasteiger partial charge in [0.15, 0.2) is 0 Å². The molecule has 0 fully saturated rings. The Morgan fingerprint density at radius 1 is 1.00 bits per heavy atom. The van der Waals surface area contributed by atoms with Gasteiger partial charge >= 0.3 is 0 Å². The summed E-state index contributed by atoms with van der Waals surface area (Å²) in [5.74, 6) is 0.110. The first kappa shape index (κ1) is 16.2. The van der Waals surface area contributed by atoms with E-state index in [0.717, 1.165) is 18.5 Å². The first-order valence-corrected chi connectivity index (χ1v) is 7.82. The molecular weight excluding hydrogens is 272 g/mol. The highest BCUT2D eigenvalue weighted by molar-refractivity contribution is 5.76. The summed E-state index contributed by atoms with van der Waals surface area (Å²) in [6, 6.07) is 20.4. The maximum atomic E-state index is 12.3. The fourth-order valence-corrected chi connectivity index (χ4v) is 2.51. The van der Waals surface area contributed by atoms with Crippen LogP contribution < -0.4 is 10.2 Å². The van der Waals surface area contributed by atoms with E-state index in [2.05, 4.69) is 43.7 Å². The number of nitrogens with one attached hydrogen (secondary N) is 2. The molecule has 3 nitrogen and oxygen atoms in total. The Balaban J connectivity index is 1.93. The van der Waals surface area contributed by atoms with E-state index in [1.165, 1.54) is 10.5 Å². The molecule has 0 spiro atoms. The summed E-state index contributed by atoms with van der Waals surface area (Å²) in [6.45, 7) is 0.876. The number of benzene rings is 2. The predicted molar refractivity (Wildman–Crippen MR) is 89.8 cm³/mol. The van der Waals surface area contributed by atoms with Gasteiger partial charge in [0.25, 0.3) is 0 Å². The average molecular weight is 297 g/mol. The van der Waals surface area contributed by atoms with Crippen molar-refractivity contribution >= 4 is 5.91 Å². The number of carbonyl (C=O) groups is 1. The van der Waals surface area contributed by atoms with E-state index in [0.29, 0.717) is 6.42 Å². The normalized spacial score (nSPS) is 12.1. The third kappa shape index (κ3) is 5.34. The highest BCUT2D eigenvalue weighted by atomic mass is 16.1. The van der Waals surface area contributed by atoms with E-state index >= 15 is 0 Å². The monoisotopic (exact) mass is 297 g/mol. The summed E-state index contributed by atoms with van der Waals surface area (Å²) in [7, 11) is 4.21. The van der Waals surface area contributed by atoms with E-state index in [1.54, 1.807) is 0 Å². The van der Waals surface area contributed by atoms with Gasteiger partial charge in [0.2, 0.25) is 5.91 Å². The molecule has 116 valence electrons. The lowest BCUT2D eigenvalue weighted by molar-refractivity contribution is -0.860. The Bertz CT molecular complexity index is 567. The maximum Gasteiger partial charge on any atom is 0.221 e. The van der Waals surface area contributed by atoms with E-state index in [1.807, 2.05) is 36.4 Å². The molecule has 0 heterocycles. The highest BCUT2D eigenvalue weighted by Gasteiger charge is 2.17. The van der Waals surface area contributed by atoms with Crippen molar-refractivity contribution in [1.29, 1.82) is 0 Å². The molecule has 22 heavy (non-hydrogen) atoms. The van der Waals surface area contributed by atoms with Gasteiger partial charge in [0.1, 0.15) is 12.6 Å². The molecule has 3 heteroatoms. The first-order chi connectivity index (χ1) is 10.6. The van der Waals surface area contributed by atoms with Crippen LogP contribution in [0.2, 0.25) is 0 Å². The molecule has 2 aromatic rings. The summed E-state index contributed by atoms with van der Waals surface area (Å²) in [6.07, 6.45) is 1.30. The molecule has 0 aliphatic carbocycles. The number of carbonyl (C=O) groups excluding carboxylic acids is 1. The smallest absolute Gasteiger partial charge is 0.221 e. The standard InChI is InChI=1S/C19H24N2O/c1-21(2)15-18(17-11-7-4-8-12-17)20-19(22)14-13-16-9-5-3-6-10-16/h3-12,18H,13-15H2,1-2H3,(H,20,22)/p+1/t18-/m0/s1. The summed E-state index contributed by atoms with van der Waals surface area (Å²) in [5.41, 5.74) is 2.36. The van der Waals surface area contributed by atoms with Gasteiger partial charge in [-0.15, -0.1) is 0 Å². The third-order valence-electron chi connectivity index (χ3n) is 3.63. The van der Waals surface area contributed by atoms with Crippen LogP contribution in [0.3, 0.4) is 0 Å². The second-order valence-corrected chi connectivity index (χ2v) is 5.93. The largest absolute Gasteiger partial charge is 0.344 e. The number of rotatable bonds is 7. The first-order valence-electron chi connectivity index (χ1n) is 7.82. The van der Waals surface area contributed by atoms with Crippen molar-refractivity contribution in [3.05, 3.63) is 71.8 Å². The lowest BCUT2D eigenvalue weighted by atomic mass is 10.1. The zero-order valence-electron chi connectivity index (χ0n) is 13.4. The van der Waals surface area contributed by atoms with Gasteiger partial charge in [0.05, 0.1) is 14.1 Å². The molecule has 2 rings (SSSR count). The molecule has 0 bridgehead atoms. The van der Waals surface area contributed by atoms with Crippen LogP contribution in [0.1, 0.15) is 23.6 Å². The van der Waals surface area contributed by atoms with E-state index in [-0.39, 0.29) is 11.9 Å². The van der Waals surface area contributed by atoms with Gasteiger partial charge in [-0.25, -0.2) is 0 Å². The van der Waals surface area contributed by atoms with E-state index in [4.69, 9.17) is 0 Å². The topological polar surface area (TPSA) is 33.5 Å². The van der Waals surface area contributed by atoms with Crippen LogP contribution in [0.4, 0.5) is 0 Å². The van der Waals surface area contributed by atoms with Gasteiger partial charge in [-0.3, -0.25) is 4.79 Å². The van der Waals surface area contributed by atoms with Crippen molar-refractivity contribution in [3.8, 4) is 0 Å². The third-order valence-corrected chi connectivity index (χ3v) is 3.63. The molecule has 0 unspecified atom stereocenters. The van der Waals surface area contributed by atoms with Gasteiger partial charge in [-0.05, 0) is 17.5 Å². The molecule has 1 atom stereocenters. The van der Waals surface area contributed by atoms with Crippen LogP contribution in [0, 0.1) is 0 Å². The molecule has 0 radical (unpaired) electrons. The number of hydrogen-bond acceptors (Lipinski definition) is 1. The predicted octanol–water partition coefficient (Wildman–Crippen LogP) is 1.62. The lowest BCUT2D eigenvalue weighted by Crippen LogP contribution is -3.06. The number of hydrogen-bond donors (Lipinski definition) is 2. The van der Waals surface area contributed by atoms with Crippen molar-refractivity contribution < 1.29 is 9.69 Å². The molecule has 0 aliphatic rings. The summed E-state index contributed by atoms with van der Waals surface area (Å²) in [5, 5.41) is 3.18. The van der Waals surface area contributed by atoms with Crippen LogP contribution in [0.15, 0.2) is 60.7 Å². The van der Waals surface area contributed by atoms with Crippen molar-refractivity contribution in [2.75, 3.05) is 20.6 Å². The van der Waals surface area contributed by atoms with Crippen molar-refractivity contribution in [2.24, 2.45) is 0 Å². The molecule has 0 saturated carbocycles. The molecule has 0 aromatic heterocycles. The molecular formula is C19H25N2O+. The van der Waals surface area contributed by atoms with Crippen LogP contribution in [0.5, 0.6) is 0 Å².